The highest BCUT2D eigenvalue weighted by molar-refractivity contribution is 6.32. The molecule has 1 amide bonds. The number of hydrogen-bond acceptors (Lipinski definition) is 5. The summed E-state index contributed by atoms with van der Waals surface area (Å²) in [6.07, 6.45) is 9.83. The van der Waals surface area contributed by atoms with Crippen LogP contribution in [0, 0.1) is 0 Å². The van der Waals surface area contributed by atoms with Crippen molar-refractivity contribution in [2.45, 2.75) is 44.2 Å². The predicted octanol–water partition coefficient (Wildman–Crippen LogP) is 4.36. The molecule has 0 atom stereocenters. The molecule has 1 aromatic carbocycles. The van der Waals surface area contributed by atoms with Gasteiger partial charge >= 0.3 is 6.09 Å². The van der Waals surface area contributed by atoms with Gasteiger partial charge in [0.05, 0.1) is 6.20 Å². The first-order chi connectivity index (χ1) is 15.7. The SMILES string of the molecule is O=C(OCc1ccccc1)N1CCN([C@H]2CC[C@H](c3ncc4c(Cl)nccn43)CC2)CC1. The van der Waals surface area contributed by atoms with Crippen molar-refractivity contribution < 1.29 is 9.53 Å². The molecule has 1 saturated carbocycles. The van der Waals surface area contributed by atoms with Gasteiger partial charge in [0.2, 0.25) is 0 Å². The van der Waals surface area contributed by atoms with Gasteiger partial charge in [0.25, 0.3) is 0 Å². The average molecular weight is 454 g/mol. The molecule has 2 aromatic heterocycles. The Morgan fingerprint density at radius 3 is 2.53 bits per heavy atom. The number of carbonyl (C=O) groups is 1. The molecule has 0 bridgehead atoms. The summed E-state index contributed by atoms with van der Waals surface area (Å²) in [5.41, 5.74) is 1.89. The highest BCUT2D eigenvalue weighted by atomic mass is 35.5. The van der Waals surface area contributed by atoms with Crippen LogP contribution >= 0.6 is 11.6 Å². The van der Waals surface area contributed by atoms with Crippen molar-refractivity contribution in [2.24, 2.45) is 0 Å². The van der Waals surface area contributed by atoms with Gasteiger partial charge in [0, 0.05) is 50.5 Å². The Labute approximate surface area is 193 Å². The fourth-order valence-electron chi connectivity index (χ4n) is 5.00. The van der Waals surface area contributed by atoms with Crippen molar-refractivity contribution in [3.05, 3.63) is 65.5 Å². The van der Waals surface area contributed by atoms with Crippen LogP contribution in [-0.2, 0) is 11.3 Å². The van der Waals surface area contributed by atoms with E-state index in [0.29, 0.717) is 23.7 Å². The summed E-state index contributed by atoms with van der Waals surface area (Å²) >= 11 is 6.20. The molecule has 3 heterocycles. The molecule has 168 valence electrons. The molecule has 7 nitrogen and oxygen atoms in total. The lowest BCUT2D eigenvalue weighted by Gasteiger charge is -2.41. The van der Waals surface area contributed by atoms with E-state index in [0.717, 1.165) is 68.8 Å². The molecule has 2 fully saturated rings. The molecule has 1 aliphatic carbocycles. The Bertz CT molecular complexity index is 1060. The monoisotopic (exact) mass is 453 g/mol. The van der Waals surface area contributed by atoms with E-state index >= 15 is 0 Å². The second-order valence-corrected chi connectivity index (χ2v) is 9.02. The molecule has 3 aromatic rings. The summed E-state index contributed by atoms with van der Waals surface area (Å²) in [4.78, 5) is 25.6. The molecule has 0 radical (unpaired) electrons. The van der Waals surface area contributed by atoms with Crippen molar-refractivity contribution in [3.8, 4) is 0 Å². The minimum atomic E-state index is -0.212. The van der Waals surface area contributed by atoms with Crippen molar-refractivity contribution in [1.29, 1.82) is 0 Å². The topological polar surface area (TPSA) is 63.0 Å². The third-order valence-corrected chi connectivity index (χ3v) is 7.09. The van der Waals surface area contributed by atoms with E-state index in [2.05, 4.69) is 19.3 Å². The van der Waals surface area contributed by atoms with E-state index in [-0.39, 0.29) is 6.09 Å². The molecule has 32 heavy (non-hydrogen) atoms. The number of rotatable bonds is 4. The lowest BCUT2D eigenvalue weighted by atomic mass is 9.84. The molecule has 5 rings (SSSR count). The largest absolute Gasteiger partial charge is 0.445 e. The molecule has 1 saturated heterocycles. The zero-order valence-corrected chi connectivity index (χ0v) is 18.8. The van der Waals surface area contributed by atoms with Crippen LogP contribution < -0.4 is 0 Å². The maximum Gasteiger partial charge on any atom is 0.410 e. The third-order valence-electron chi connectivity index (χ3n) is 6.80. The van der Waals surface area contributed by atoms with E-state index in [1.165, 1.54) is 0 Å². The Hall–Kier alpha value is -2.64. The van der Waals surface area contributed by atoms with Crippen LogP contribution in [-0.4, -0.2) is 62.5 Å². The zero-order valence-electron chi connectivity index (χ0n) is 18.1. The number of halogens is 1. The average Bonchev–Trinajstić information content (AvgIpc) is 3.29. The lowest BCUT2D eigenvalue weighted by Crippen LogP contribution is -2.52. The summed E-state index contributed by atoms with van der Waals surface area (Å²) in [5.74, 6) is 1.54. The fraction of sp³-hybridized carbons (Fsp3) is 0.458. The summed E-state index contributed by atoms with van der Waals surface area (Å²) in [6.45, 7) is 3.59. The number of imidazole rings is 1. The lowest BCUT2D eigenvalue weighted by molar-refractivity contribution is 0.0514. The van der Waals surface area contributed by atoms with Crippen LogP contribution in [0.2, 0.25) is 5.15 Å². The third kappa shape index (κ3) is 4.45. The van der Waals surface area contributed by atoms with Gasteiger partial charge in [-0.05, 0) is 31.2 Å². The van der Waals surface area contributed by atoms with Crippen LogP contribution in [0.25, 0.3) is 5.52 Å². The maximum atomic E-state index is 12.4. The molecule has 2 aliphatic rings. The maximum absolute atomic E-state index is 12.4. The number of nitrogens with zero attached hydrogens (tertiary/aromatic N) is 5. The van der Waals surface area contributed by atoms with Crippen LogP contribution in [0.1, 0.15) is 43.0 Å². The first-order valence-corrected chi connectivity index (χ1v) is 11.7. The number of hydrogen-bond donors (Lipinski definition) is 0. The summed E-state index contributed by atoms with van der Waals surface area (Å²) in [5, 5.41) is 0.500. The Balaban J connectivity index is 1.10. The van der Waals surface area contributed by atoms with E-state index in [1.54, 1.807) is 6.20 Å². The van der Waals surface area contributed by atoms with Crippen molar-refractivity contribution in [2.75, 3.05) is 26.2 Å². The fourth-order valence-corrected chi connectivity index (χ4v) is 5.19. The minimum Gasteiger partial charge on any atom is -0.445 e. The van der Waals surface area contributed by atoms with E-state index in [1.807, 2.05) is 47.6 Å². The van der Waals surface area contributed by atoms with Gasteiger partial charge in [-0.1, -0.05) is 41.9 Å². The number of aromatic nitrogens is 3. The Morgan fingerprint density at radius 2 is 1.78 bits per heavy atom. The van der Waals surface area contributed by atoms with Gasteiger partial charge in [-0.15, -0.1) is 0 Å². The van der Waals surface area contributed by atoms with Gasteiger partial charge in [-0.3, -0.25) is 9.30 Å². The summed E-state index contributed by atoms with van der Waals surface area (Å²) in [7, 11) is 0. The highest BCUT2D eigenvalue weighted by Gasteiger charge is 2.31. The first kappa shape index (κ1) is 21.2. The van der Waals surface area contributed by atoms with E-state index < -0.39 is 0 Å². The van der Waals surface area contributed by atoms with Crippen LogP contribution in [0.4, 0.5) is 4.79 Å². The molecule has 0 N–H and O–H groups in total. The number of piperazine rings is 1. The van der Waals surface area contributed by atoms with Gasteiger partial charge in [0.1, 0.15) is 17.9 Å². The quantitative estimate of drug-likeness (QED) is 0.587. The zero-order chi connectivity index (χ0) is 21.9. The minimum absolute atomic E-state index is 0.212. The van der Waals surface area contributed by atoms with Crippen LogP contribution in [0.15, 0.2) is 48.9 Å². The molecule has 8 heteroatoms. The number of ether oxygens (including phenoxy) is 1. The smallest absolute Gasteiger partial charge is 0.410 e. The molecular weight excluding hydrogens is 426 g/mol. The number of amides is 1. The summed E-state index contributed by atoms with van der Waals surface area (Å²) in [6, 6.07) is 10.4. The van der Waals surface area contributed by atoms with Crippen LogP contribution in [0.3, 0.4) is 0 Å². The standard InChI is InChI=1S/C24H28ClN5O2/c25-22-21-16-27-23(30(21)11-10-26-22)19-6-8-20(9-7-19)28-12-14-29(15-13-28)24(31)32-17-18-4-2-1-3-5-18/h1-5,10-11,16,19-20H,6-9,12-15,17H2/t19-,20-. The normalized spacial score (nSPS) is 22.2. The first-order valence-electron chi connectivity index (χ1n) is 11.4. The molecular formula is C24H28ClN5O2. The second-order valence-electron chi connectivity index (χ2n) is 8.66. The van der Waals surface area contributed by atoms with Crippen molar-refractivity contribution >= 4 is 23.2 Å². The molecule has 0 unspecified atom stereocenters. The Morgan fingerprint density at radius 1 is 1.03 bits per heavy atom. The van der Waals surface area contributed by atoms with Gasteiger partial charge in [-0.25, -0.2) is 14.8 Å². The van der Waals surface area contributed by atoms with Crippen molar-refractivity contribution in [1.82, 2.24) is 24.2 Å². The molecule has 0 spiro atoms. The van der Waals surface area contributed by atoms with Gasteiger partial charge in [-0.2, -0.15) is 0 Å². The number of fused-ring (bicyclic) bond motifs is 1. The van der Waals surface area contributed by atoms with E-state index in [4.69, 9.17) is 16.3 Å². The summed E-state index contributed by atoms with van der Waals surface area (Å²) < 4.78 is 7.58. The van der Waals surface area contributed by atoms with Gasteiger partial charge in [0.15, 0.2) is 5.15 Å². The second kappa shape index (κ2) is 9.46. The number of benzene rings is 1. The van der Waals surface area contributed by atoms with Crippen molar-refractivity contribution in [3.63, 3.8) is 0 Å². The predicted molar refractivity (Wildman–Crippen MR) is 123 cm³/mol. The van der Waals surface area contributed by atoms with Crippen LogP contribution in [0.5, 0.6) is 0 Å². The van der Waals surface area contributed by atoms with E-state index in [9.17, 15) is 4.79 Å². The van der Waals surface area contributed by atoms with Gasteiger partial charge < -0.3 is 9.64 Å². The molecule has 1 aliphatic heterocycles. The Kier molecular flexibility index (Phi) is 6.28. The highest BCUT2D eigenvalue weighted by Crippen LogP contribution is 2.35. The number of carbonyl (C=O) groups excluding carboxylic acids is 1.